The first-order valence-electron chi connectivity index (χ1n) is 10.8. The first kappa shape index (κ1) is 21.8. The Morgan fingerprint density at radius 2 is 1.85 bits per heavy atom. The Bertz CT molecular complexity index is 1160. The summed E-state index contributed by atoms with van der Waals surface area (Å²) in [5, 5.41) is 18.8. The summed E-state index contributed by atoms with van der Waals surface area (Å²) in [5.74, 6) is 0.967. The molecular weight excluding hydrogens is 439 g/mol. The van der Waals surface area contributed by atoms with Gasteiger partial charge < -0.3 is 19.6 Å². The molecule has 1 N–H and O–H groups in total. The van der Waals surface area contributed by atoms with Crippen LogP contribution in [-0.2, 0) is 17.5 Å². The number of alkyl halides is 3. The van der Waals surface area contributed by atoms with Crippen LogP contribution in [0.3, 0.4) is 0 Å². The number of nitrogens with zero attached hydrogens (tertiary/aromatic N) is 7. The lowest BCUT2D eigenvalue weighted by Crippen LogP contribution is -2.38. The van der Waals surface area contributed by atoms with Crippen molar-refractivity contribution in [1.29, 1.82) is 0 Å². The number of rotatable bonds is 4. The number of hydrogen-bond acceptors (Lipinski definition) is 8. The average molecular weight is 463 g/mol. The number of aliphatic hydroxyl groups is 1. The number of hydrogen-bond donors (Lipinski definition) is 1. The number of β-amino-alcohol motifs (C(OH)–C–C–N with tert-alkyl or cyclic N) is 1. The molecule has 0 unspecified atom stereocenters. The van der Waals surface area contributed by atoms with E-state index in [1.807, 2.05) is 9.80 Å². The van der Waals surface area contributed by atoms with Crippen LogP contribution in [0.25, 0.3) is 11.2 Å². The molecule has 176 valence electrons. The van der Waals surface area contributed by atoms with Crippen LogP contribution >= 0.6 is 0 Å². The molecule has 2 aliphatic heterocycles. The monoisotopic (exact) mass is 463 g/mol. The third-order valence-electron chi connectivity index (χ3n) is 6.02. The lowest BCUT2D eigenvalue weighted by Gasteiger charge is -2.28. The van der Waals surface area contributed by atoms with Crippen LogP contribution in [0.1, 0.15) is 24.5 Å². The van der Waals surface area contributed by atoms with Crippen LogP contribution < -0.4 is 9.80 Å². The molecule has 0 saturated carbocycles. The second-order valence-electron chi connectivity index (χ2n) is 8.69. The van der Waals surface area contributed by atoms with Crippen LogP contribution in [0.2, 0.25) is 0 Å². The van der Waals surface area contributed by atoms with Crippen LogP contribution in [0, 0.1) is 0 Å². The minimum absolute atomic E-state index is 0.0778. The minimum Gasteiger partial charge on any atom is -0.388 e. The predicted octanol–water partition coefficient (Wildman–Crippen LogP) is 2.09. The molecule has 0 radical (unpaired) electrons. The lowest BCUT2D eigenvalue weighted by atomic mass is 10.1. The van der Waals surface area contributed by atoms with Crippen LogP contribution in [0.5, 0.6) is 0 Å². The lowest BCUT2D eigenvalue weighted by molar-refractivity contribution is -0.138. The van der Waals surface area contributed by atoms with Crippen molar-refractivity contribution in [3.05, 3.63) is 35.4 Å². The van der Waals surface area contributed by atoms with Crippen molar-refractivity contribution in [1.82, 2.24) is 25.0 Å². The molecule has 4 heterocycles. The van der Waals surface area contributed by atoms with Crippen molar-refractivity contribution >= 4 is 22.9 Å². The second kappa shape index (κ2) is 8.10. The third-order valence-corrected chi connectivity index (χ3v) is 6.02. The molecule has 0 amide bonds. The Labute approximate surface area is 187 Å². The second-order valence-corrected chi connectivity index (χ2v) is 8.69. The van der Waals surface area contributed by atoms with E-state index in [0.717, 1.165) is 6.07 Å². The largest absolute Gasteiger partial charge is 0.416 e. The zero-order chi connectivity index (χ0) is 23.2. The summed E-state index contributed by atoms with van der Waals surface area (Å²) in [6, 6.07) is 5.41. The summed E-state index contributed by atoms with van der Waals surface area (Å²) in [5.41, 5.74) is -0.752. The van der Waals surface area contributed by atoms with Gasteiger partial charge in [0.05, 0.1) is 30.9 Å². The van der Waals surface area contributed by atoms with Crippen molar-refractivity contribution in [3.8, 4) is 0 Å². The highest BCUT2D eigenvalue weighted by atomic mass is 19.4. The Kier molecular flexibility index (Phi) is 5.36. The average Bonchev–Trinajstić information content (AvgIpc) is 3.36. The van der Waals surface area contributed by atoms with E-state index in [1.54, 1.807) is 13.0 Å². The number of aromatic nitrogens is 5. The number of ether oxygens (including phenoxy) is 1. The summed E-state index contributed by atoms with van der Waals surface area (Å²) in [4.78, 5) is 13.3. The molecule has 2 saturated heterocycles. The molecular formula is C21H24F3N7O2. The maximum absolute atomic E-state index is 13.5. The van der Waals surface area contributed by atoms with Crippen molar-refractivity contribution < 1.29 is 23.0 Å². The Hall–Kier alpha value is -2.99. The highest BCUT2D eigenvalue weighted by Gasteiger charge is 2.35. The van der Waals surface area contributed by atoms with Gasteiger partial charge in [-0.15, -0.1) is 5.10 Å². The zero-order valence-electron chi connectivity index (χ0n) is 18.1. The number of morpholine rings is 1. The maximum atomic E-state index is 13.5. The summed E-state index contributed by atoms with van der Waals surface area (Å²) in [6.45, 7) is 4.83. The Morgan fingerprint density at radius 3 is 2.55 bits per heavy atom. The number of fused-ring (bicyclic) bond motifs is 1. The molecule has 12 heteroatoms. The van der Waals surface area contributed by atoms with Crippen molar-refractivity contribution in [3.63, 3.8) is 0 Å². The molecule has 3 aromatic rings. The topological polar surface area (TPSA) is 92.4 Å². The summed E-state index contributed by atoms with van der Waals surface area (Å²) >= 11 is 0. The minimum atomic E-state index is -4.48. The van der Waals surface area contributed by atoms with E-state index in [9.17, 15) is 18.3 Å². The molecule has 1 aromatic carbocycles. The van der Waals surface area contributed by atoms with Crippen LogP contribution in [0.15, 0.2) is 24.3 Å². The Morgan fingerprint density at radius 1 is 1.09 bits per heavy atom. The van der Waals surface area contributed by atoms with Gasteiger partial charge in [0.25, 0.3) is 0 Å². The van der Waals surface area contributed by atoms with Crippen LogP contribution in [0.4, 0.5) is 24.9 Å². The molecule has 0 aliphatic carbocycles. The molecule has 1 atom stereocenters. The molecule has 33 heavy (non-hydrogen) atoms. The summed E-state index contributed by atoms with van der Waals surface area (Å²) < 4.78 is 47.4. The molecule has 2 aliphatic rings. The predicted molar refractivity (Wildman–Crippen MR) is 114 cm³/mol. The molecule has 2 fully saturated rings. The summed E-state index contributed by atoms with van der Waals surface area (Å²) in [6.07, 6.45) is -3.91. The van der Waals surface area contributed by atoms with E-state index in [-0.39, 0.29) is 12.1 Å². The van der Waals surface area contributed by atoms with Gasteiger partial charge in [0, 0.05) is 26.2 Å². The smallest absolute Gasteiger partial charge is 0.388 e. The van der Waals surface area contributed by atoms with Gasteiger partial charge in [-0.1, -0.05) is 23.4 Å². The quantitative estimate of drug-likeness (QED) is 0.629. The fourth-order valence-corrected chi connectivity index (χ4v) is 4.28. The van der Waals surface area contributed by atoms with E-state index in [0.29, 0.717) is 68.7 Å². The molecule has 2 aromatic heterocycles. The van der Waals surface area contributed by atoms with E-state index < -0.39 is 17.3 Å². The first-order chi connectivity index (χ1) is 15.7. The van der Waals surface area contributed by atoms with Gasteiger partial charge in [0.2, 0.25) is 5.95 Å². The van der Waals surface area contributed by atoms with Crippen molar-refractivity contribution in [2.24, 2.45) is 0 Å². The first-order valence-corrected chi connectivity index (χ1v) is 10.8. The highest BCUT2D eigenvalue weighted by Crippen LogP contribution is 2.34. The standard InChI is InChI=1S/C21H24F3N7O2/c1-20(32)6-7-30(13-20)17-16-18(26-19(25-17)29-8-10-33-11-9-29)31(28-27-16)12-14-4-2-3-5-15(14)21(22,23)24/h2-5,32H,6-13H2,1H3/t20-/m0/s1. The van der Waals surface area contributed by atoms with Gasteiger partial charge >= 0.3 is 6.18 Å². The van der Waals surface area contributed by atoms with Gasteiger partial charge in [0.15, 0.2) is 17.0 Å². The van der Waals surface area contributed by atoms with Crippen molar-refractivity contribution in [2.75, 3.05) is 49.2 Å². The van der Waals surface area contributed by atoms with Gasteiger partial charge in [-0.05, 0) is 25.0 Å². The molecule has 9 nitrogen and oxygen atoms in total. The van der Waals surface area contributed by atoms with E-state index in [4.69, 9.17) is 9.72 Å². The highest BCUT2D eigenvalue weighted by molar-refractivity contribution is 5.84. The van der Waals surface area contributed by atoms with Crippen molar-refractivity contribution in [2.45, 2.75) is 31.7 Å². The molecule has 0 bridgehead atoms. The third kappa shape index (κ3) is 4.32. The van der Waals surface area contributed by atoms with E-state index in [1.165, 1.54) is 16.8 Å². The fourth-order valence-electron chi connectivity index (χ4n) is 4.28. The fraction of sp³-hybridized carbons (Fsp3) is 0.524. The number of anilines is 2. The summed E-state index contributed by atoms with van der Waals surface area (Å²) in [7, 11) is 0. The SMILES string of the molecule is C[C@]1(O)CCN(c2nc(N3CCOCC3)nc3c2nnn3Cc2ccccc2C(F)(F)F)C1. The maximum Gasteiger partial charge on any atom is 0.416 e. The molecule has 5 rings (SSSR count). The zero-order valence-corrected chi connectivity index (χ0v) is 18.1. The van der Waals surface area contributed by atoms with Crippen LogP contribution in [-0.4, -0.2) is 75.1 Å². The van der Waals surface area contributed by atoms with E-state index in [2.05, 4.69) is 15.3 Å². The van der Waals surface area contributed by atoms with Gasteiger partial charge in [-0.3, -0.25) is 0 Å². The van der Waals surface area contributed by atoms with Gasteiger partial charge in [0.1, 0.15) is 0 Å². The number of halogens is 3. The van der Waals surface area contributed by atoms with Gasteiger partial charge in [-0.25, -0.2) is 4.68 Å². The van der Waals surface area contributed by atoms with E-state index >= 15 is 0 Å². The normalized spacial score (nSPS) is 21.8. The van der Waals surface area contributed by atoms with Gasteiger partial charge in [-0.2, -0.15) is 23.1 Å². The number of benzene rings is 1. The Balaban J connectivity index is 1.59. The molecule has 0 spiro atoms.